The normalized spacial score (nSPS) is 12.4. The Kier molecular flexibility index (Phi) is 6.68. The zero-order chi connectivity index (χ0) is 13.4. The van der Waals surface area contributed by atoms with Crippen molar-refractivity contribution < 1.29 is 13.9 Å². The Morgan fingerprint density at radius 2 is 2.17 bits per heavy atom. The number of ether oxygens (including phenoxy) is 2. The monoisotopic (exact) mass is 255 g/mol. The highest BCUT2D eigenvalue weighted by Crippen LogP contribution is 2.19. The minimum absolute atomic E-state index is 0.183. The van der Waals surface area contributed by atoms with Gasteiger partial charge in [0.25, 0.3) is 0 Å². The van der Waals surface area contributed by atoms with Crippen LogP contribution in [0.3, 0.4) is 0 Å². The van der Waals surface area contributed by atoms with Crippen LogP contribution in [0.15, 0.2) is 18.2 Å². The molecule has 0 aliphatic carbocycles. The summed E-state index contributed by atoms with van der Waals surface area (Å²) >= 11 is 0. The van der Waals surface area contributed by atoms with E-state index < -0.39 is 0 Å². The highest BCUT2D eigenvalue weighted by molar-refractivity contribution is 5.29. The fraction of sp³-hybridized carbons (Fsp3) is 0.571. The summed E-state index contributed by atoms with van der Waals surface area (Å²) in [5.41, 5.74) is 0.976. The van der Waals surface area contributed by atoms with E-state index in [9.17, 15) is 4.39 Å². The van der Waals surface area contributed by atoms with Crippen LogP contribution >= 0.6 is 0 Å². The molecule has 0 aliphatic heterocycles. The minimum atomic E-state index is -0.336. The Hall–Kier alpha value is -1.13. The molecule has 0 bridgehead atoms. The van der Waals surface area contributed by atoms with Crippen molar-refractivity contribution in [2.75, 3.05) is 26.8 Å². The Balaban J connectivity index is 2.60. The van der Waals surface area contributed by atoms with Crippen LogP contribution in [0.25, 0.3) is 0 Å². The number of halogens is 1. The third-order valence-corrected chi connectivity index (χ3v) is 2.53. The smallest absolute Gasteiger partial charge is 0.165 e. The van der Waals surface area contributed by atoms with Gasteiger partial charge in [-0.3, -0.25) is 0 Å². The van der Waals surface area contributed by atoms with Crippen molar-refractivity contribution in [2.45, 2.75) is 26.4 Å². The molecule has 0 fully saturated rings. The molecule has 0 aromatic heterocycles. The number of hydrogen-bond donors (Lipinski definition) is 1. The van der Waals surface area contributed by atoms with Crippen LogP contribution in [-0.2, 0) is 4.74 Å². The summed E-state index contributed by atoms with van der Waals surface area (Å²) < 4.78 is 24.3. The molecule has 1 aromatic rings. The first-order chi connectivity index (χ1) is 8.67. The Bertz CT molecular complexity index is 358. The molecular formula is C14H22FNO2. The molecule has 0 amide bonds. The molecule has 0 aliphatic rings. The second-order valence-electron chi connectivity index (χ2n) is 4.33. The van der Waals surface area contributed by atoms with Crippen LogP contribution in [0.1, 0.15) is 18.9 Å². The molecule has 102 valence electrons. The lowest BCUT2D eigenvalue weighted by atomic mass is 10.2. The molecule has 3 nitrogen and oxygen atoms in total. The van der Waals surface area contributed by atoms with Crippen molar-refractivity contribution in [3.05, 3.63) is 29.6 Å². The molecular weight excluding hydrogens is 233 g/mol. The molecule has 1 atom stereocenters. The number of methoxy groups -OCH3 is 1. The van der Waals surface area contributed by atoms with E-state index in [2.05, 4.69) is 12.2 Å². The van der Waals surface area contributed by atoms with Gasteiger partial charge in [-0.2, -0.15) is 0 Å². The molecule has 1 N–H and O–H groups in total. The number of benzene rings is 1. The van der Waals surface area contributed by atoms with Gasteiger partial charge < -0.3 is 14.8 Å². The first-order valence-corrected chi connectivity index (χ1v) is 6.29. The summed E-state index contributed by atoms with van der Waals surface area (Å²) in [6, 6.07) is 4.86. The maximum atomic E-state index is 13.6. The molecule has 0 spiro atoms. The van der Waals surface area contributed by atoms with Crippen LogP contribution in [0.4, 0.5) is 4.39 Å². The van der Waals surface area contributed by atoms with Gasteiger partial charge in [-0.1, -0.05) is 13.0 Å². The maximum Gasteiger partial charge on any atom is 0.165 e. The predicted molar refractivity (Wildman–Crippen MR) is 70.6 cm³/mol. The zero-order valence-electron chi connectivity index (χ0n) is 11.3. The summed E-state index contributed by atoms with van der Waals surface area (Å²) in [5.74, 6) is -0.0486. The molecule has 1 unspecified atom stereocenters. The summed E-state index contributed by atoms with van der Waals surface area (Å²) in [5, 5.41) is 3.25. The van der Waals surface area contributed by atoms with E-state index in [1.54, 1.807) is 19.2 Å². The van der Waals surface area contributed by atoms with Gasteiger partial charge in [-0.15, -0.1) is 0 Å². The molecule has 1 rings (SSSR count). The summed E-state index contributed by atoms with van der Waals surface area (Å²) in [7, 11) is 1.61. The fourth-order valence-electron chi connectivity index (χ4n) is 1.64. The fourth-order valence-corrected chi connectivity index (χ4v) is 1.64. The van der Waals surface area contributed by atoms with E-state index in [-0.39, 0.29) is 17.7 Å². The molecule has 18 heavy (non-hydrogen) atoms. The van der Waals surface area contributed by atoms with Gasteiger partial charge in [-0.05, 0) is 37.6 Å². The quantitative estimate of drug-likeness (QED) is 0.724. The van der Waals surface area contributed by atoms with E-state index in [1.807, 2.05) is 6.92 Å². The van der Waals surface area contributed by atoms with Gasteiger partial charge in [-0.25, -0.2) is 4.39 Å². The van der Waals surface area contributed by atoms with E-state index in [0.717, 1.165) is 18.5 Å². The third-order valence-electron chi connectivity index (χ3n) is 2.53. The lowest BCUT2D eigenvalue weighted by Crippen LogP contribution is -2.35. The molecule has 0 saturated carbocycles. The van der Waals surface area contributed by atoms with Gasteiger partial charge in [0.1, 0.15) is 6.10 Å². The van der Waals surface area contributed by atoms with Crippen molar-refractivity contribution in [2.24, 2.45) is 0 Å². The second-order valence-corrected chi connectivity index (χ2v) is 4.33. The topological polar surface area (TPSA) is 30.5 Å². The van der Waals surface area contributed by atoms with Crippen molar-refractivity contribution >= 4 is 0 Å². The minimum Gasteiger partial charge on any atom is -0.484 e. The molecule has 0 saturated heterocycles. The standard InChI is InChI=1S/C14H22FNO2/c1-4-7-16-9-12(10-17-3)18-14-8-11(2)5-6-13(14)15/h5-6,8,12,16H,4,7,9-10H2,1-3H3. The molecule has 1 aromatic carbocycles. The summed E-state index contributed by atoms with van der Waals surface area (Å²) in [6.07, 6.45) is 0.872. The Morgan fingerprint density at radius 3 is 2.83 bits per heavy atom. The van der Waals surface area contributed by atoms with Crippen molar-refractivity contribution in [3.63, 3.8) is 0 Å². The number of rotatable bonds is 8. The average molecular weight is 255 g/mol. The van der Waals surface area contributed by atoms with Crippen LogP contribution < -0.4 is 10.1 Å². The van der Waals surface area contributed by atoms with Crippen LogP contribution in [0.5, 0.6) is 5.75 Å². The van der Waals surface area contributed by atoms with Crippen molar-refractivity contribution in [1.82, 2.24) is 5.32 Å². The van der Waals surface area contributed by atoms with Gasteiger partial charge >= 0.3 is 0 Å². The van der Waals surface area contributed by atoms with Gasteiger partial charge in [0.15, 0.2) is 11.6 Å². The van der Waals surface area contributed by atoms with Crippen LogP contribution in [0, 0.1) is 12.7 Å². The first-order valence-electron chi connectivity index (χ1n) is 6.29. The van der Waals surface area contributed by atoms with Crippen molar-refractivity contribution in [1.29, 1.82) is 0 Å². The highest BCUT2D eigenvalue weighted by Gasteiger charge is 2.13. The lowest BCUT2D eigenvalue weighted by Gasteiger charge is -2.19. The summed E-state index contributed by atoms with van der Waals surface area (Å²) in [6.45, 7) is 6.01. The van der Waals surface area contributed by atoms with Crippen LogP contribution in [-0.4, -0.2) is 32.9 Å². The largest absolute Gasteiger partial charge is 0.484 e. The first kappa shape index (κ1) is 14.9. The zero-order valence-corrected chi connectivity index (χ0v) is 11.3. The average Bonchev–Trinajstić information content (AvgIpc) is 2.34. The lowest BCUT2D eigenvalue weighted by molar-refractivity contribution is 0.0780. The third kappa shape index (κ3) is 5.02. The van der Waals surface area contributed by atoms with E-state index >= 15 is 0 Å². The molecule has 0 heterocycles. The van der Waals surface area contributed by atoms with Crippen molar-refractivity contribution in [3.8, 4) is 5.75 Å². The SMILES string of the molecule is CCCNCC(COC)Oc1cc(C)ccc1F. The van der Waals surface area contributed by atoms with Gasteiger partial charge in [0.05, 0.1) is 6.61 Å². The Morgan fingerprint density at radius 1 is 1.39 bits per heavy atom. The maximum absolute atomic E-state index is 13.6. The number of hydrogen-bond acceptors (Lipinski definition) is 3. The summed E-state index contributed by atoms with van der Waals surface area (Å²) in [4.78, 5) is 0. The Labute approximate surface area is 108 Å². The van der Waals surface area contributed by atoms with E-state index in [4.69, 9.17) is 9.47 Å². The number of nitrogens with one attached hydrogen (secondary N) is 1. The second kappa shape index (κ2) is 8.06. The van der Waals surface area contributed by atoms with E-state index in [0.29, 0.717) is 13.2 Å². The van der Waals surface area contributed by atoms with Gasteiger partial charge in [0.2, 0.25) is 0 Å². The number of aryl methyl sites for hydroxylation is 1. The van der Waals surface area contributed by atoms with Crippen LogP contribution in [0.2, 0.25) is 0 Å². The predicted octanol–water partition coefficient (Wildman–Crippen LogP) is 2.53. The highest BCUT2D eigenvalue weighted by atomic mass is 19.1. The van der Waals surface area contributed by atoms with E-state index in [1.165, 1.54) is 6.07 Å². The molecule has 0 radical (unpaired) electrons. The van der Waals surface area contributed by atoms with Gasteiger partial charge in [0, 0.05) is 13.7 Å². The molecule has 4 heteroatoms.